The van der Waals surface area contributed by atoms with Crippen molar-refractivity contribution in [1.29, 1.82) is 0 Å². The number of H-pyrrole nitrogens is 1. The lowest BCUT2D eigenvalue weighted by molar-refractivity contribution is -0.138. The third-order valence-electron chi connectivity index (χ3n) is 3.16. The topological polar surface area (TPSA) is 73.0 Å². The largest absolute Gasteiger partial charge is 0.496 e. The number of hydrogen-bond acceptors (Lipinski definition) is 3. The Morgan fingerprint density at radius 3 is 2.48 bits per heavy atom. The van der Waals surface area contributed by atoms with Crippen LogP contribution in [0.4, 0.5) is 19.0 Å². The molecule has 2 aromatic rings. The molecule has 8 heteroatoms. The molecule has 0 aliphatic rings. The van der Waals surface area contributed by atoms with Crippen LogP contribution >= 0.6 is 0 Å². The molecule has 1 aromatic heterocycles. The number of ether oxygens (including phenoxy) is 1. The molecular formula is C13H14F3N3O2. The van der Waals surface area contributed by atoms with Gasteiger partial charge in [-0.25, -0.2) is 4.68 Å². The van der Waals surface area contributed by atoms with E-state index in [9.17, 15) is 18.0 Å². The zero-order chi connectivity index (χ0) is 15.8. The minimum Gasteiger partial charge on any atom is -0.496 e. The third-order valence-corrected chi connectivity index (χ3v) is 3.16. The monoisotopic (exact) mass is 301 g/mol. The minimum absolute atomic E-state index is 0.149. The average Bonchev–Trinajstić information content (AvgIpc) is 2.75. The summed E-state index contributed by atoms with van der Waals surface area (Å²) in [6.07, 6.45) is -4.54. The van der Waals surface area contributed by atoms with Gasteiger partial charge in [0.15, 0.2) is 0 Å². The summed E-state index contributed by atoms with van der Waals surface area (Å²) < 4.78 is 44.9. The van der Waals surface area contributed by atoms with Crippen molar-refractivity contribution in [2.24, 2.45) is 0 Å². The summed E-state index contributed by atoms with van der Waals surface area (Å²) in [6.45, 7) is 1.60. The Morgan fingerprint density at radius 1 is 1.33 bits per heavy atom. The molecule has 1 aromatic carbocycles. The number of aromatic amines is 1. The quantitative estimate of drug-likeness (QED) is 0.914. The van der Waals surface area contributed by atoms with Crippen LogP contribution in [0.1, 0.15) is 24.1 Å². The zero-order valence-electron chi connectivity index (χ0n) is 11.4. The number of halogens is 3. The van der Waals surface area contributed by atoms with Gasteiger partial charge in [0, 0.05) is 6.07 Å². The normalized spacial score (nSPS) is 13.2. The summed E-state index contributed by atoms with van der Waals surface area (Å²) in [6, 6.07) is 4.22. The number of nitrogens with two attached hydrogens (primary N) is 1. The predicted molar refractivity (Wildman–Crippen MR) is 71.3 cm³/mol. The highest BCUT2D eigenvalue weighted by molar-refractivity contribution is 5.40. The molecule has 0 amide bonds. The number of alkyl halides is 3. The van der Waals surface area contributed by atoms with Crippen LogP contribution in [0.5, 0.6) is 5.75 Å². The molecular weight excluding hydrogens is 287 g/mol. The summed E-state index contributed by atoms with van der Waals surface area (Å²) in [5.41, 5.74) is 4.48. The van der Waals surface area contributed by atoms with Gasteiger partial charge in [0.2, 0.25) is 0 Å². The maximum atomic E-state index is 13.0. The Kier molecular flexibility index (Phi) is 3.71. The lowest BCUT2D eigenvalue weighted by Gasteiger charge is -2.17. The van der Waals surface area contributed by atoms with E-state index < -0.39 is 23.3 Å². The number of hydrogen-bond donors (Lipinski definition) is 2. The smallest absolute Gasteiger partial charge is 0.419 e. The van der Waals surface area contributed by atoms with Gasteiger partial charge in [-0.3, -0.25) is 9.89 Å². The van der Waals surface area contributed by atoms with Gasteiger partial charge in [-0.15, -0.1) is 0 Å². The Bertz CT molecular complexity index is 703. The molecule has 0 bridgehead atoms. The van der Waals surface area contributed by atoms with Crippen LogP contribution in [0, 0.1) is 0 Å². The van der Waals surface area contributed by atoms with Crippen molar-refractivity contribution in [2.75, 3.05) is 12.8 Å². The van der Waals surface area contributed by atoms with E-state index in [0.717, 1.165) is 10.7 Å². The van der Waals surface area contributed by atoms with E-state index in [-0.39, 0.29) is 11.6 Å². The van der Waals surface area contributed by atoms with Crippen LogP contribution in [-0.2, 0) is 6.18 Å². The van der Waals surface area contributed by atoms with E-state index in [1.807, 2.05) is 0 Å². The van der Waals surface area contributed by atoms with Gasteiger partial charge in [-0.2, -0.15) is 13.2 Å². The fourth-order valence-corrected chi connectivity index (χ4v) is 2.07. The SMILES string of the molecule is COc1ccc(C(C)n2[nH]c(N)cc2=O)cc1C(F)(F)F. The van der Waals surface area contributed by atoms with Crippen molar-refractivity contribution in [2.45, 2.75) is 19.1 Å². The van der Waals surface area contributed by atoms with Crippen LogP contribution in [0.15, 0.2) is 29.1 Å². The molecule has 1 unspecified atom stereocenters. The molecule has 0 saturated heterocycles. The second-order valence-electron chi connectivity index (χ2n) is 4.55. The summed E-state index contributed by atoms with van der Waals surface area (Å²) in [5.74, 6) is -0.117. The number of aromatic nitrogens is 2. The average molecular weight is 301 g/mol. The summed E-state index contributed by atoms with van der Waals surface area (Å²) in [7, 11) is 1.17. The van der Waals surface area contributed by atoms with Crippen molar-refractivity contribution < 1.29 is 17.9 Å². The molecule has 3 N–H and O–H groups in total. The highest BCUT2D eigenvalue weighted by atomic mass is 19.4. The van der Waals surface area contributed by atoms with E-state index in [1.165, 1.54) is 25.3 Å². The fraction of sp³-hybridized carbons (Fsp3) is 0.308. The molecule has 1 atom stereocenters. The maximum Gasteiger partial charge on any atom is 0.419 e. The number of anilines is 1. The maximum absolute atomic E-state index is 13.0. The van der Waals surface area contributed by atoms with E-state index in [0.29, 0.717) is 5.56 Å². The van der Waals surface area contributed by atoms with E-state index in [4.69, 9.17) is 10.5 Å². The van der Waals surface area contributed by atoms with Gasteiger partial charge in [0.05, 0.1) is 18.7 Å². The Hall–Kier alpha value is -2.38. The van der Waals surface area contributed by atoms with Crippen molar-refractivity contribution in [1.82, 2.24) is 9.78 Å². The Labute approximate surface area is 118 Å². The van der Waals surface area contributed by atoms with Crippen molar-refractivity contribution >= 4 is 5.82 Å². The van der Waals surface area contributed by atoms with Gasteiger partial charge in [-0.05, 0) is 24.6 Å². The Morgan fingerprint density at radius 2 is 2.00 bits per heavy atom. The van der Waals surface area contributed by atoms with E-state index in [1.54, 1.807) is 6.92 Å². The fourth-order valence-electron chi connectivity index (χ4n) is 2.07. The van der Waals surface area contributed by atoms with E-state index in [2.05, 4.69) is 5.10 Å². The van der Waals surface area contributed by atoms with Crippen molar-refractivity contribution in [3.8, 4) is 5.75 Å². The number of nitrogens with one attached hydrogen (secondary N) is 1. The van der Waals surface area contributed by atoms with Gasteiger partial charge >= 0.3 is 6.18 Å². The Balaban J connectivity index is 2.50. The van der Waals surface area contributed by atoms with Crippen LogP contribution < -0.4 is 16.0 Å². The molecule has 21 heavy (non-hydrogen) atoms. The number of nitrogens with zero attached hydrogens (tertiary/aromatic N) is 1. The van der Waals surface area contributed by atoms with Crippen LogP contribution in [0.25, 0.3) is 0 Å². The van der Waals surface area contributed by atoms with E-state index >= 15 is 0 Å². The van der Waals surface area contributed by atoms with Gasteiger partial charge in [0.1, 0.15) is 11.6 Å². The standard InChI is InChI=1S/C13H14F3N3O2/c1-7(19-12(20)6-11(17)18-19)8-3-4-10(21-2)9(5-8)13(14,15)16/h3-7,18H,17H2,1-2H3. The molecule has 0 fully saturated rings. The zero-order valence-corrected chi connectivity index (χ0v) is 11.4. The first kappa shape index (κ1) is 15.0. The molecule has 0 aliphatic heterocycles. The van der Waals surface area contributed by atoms with Gasteiger partial charge in [0.25, 0.3) is 5.56 Å². The number of benzene rings is 1. The molecule has 0 aliphatic carbocycles. The summed E-state index contributed by atoms with van der Waals surface area (Å²) >= 11 is 0. The molecule has 5 nitrogen and oxygen atoms in total. The first-order valence-electron chi connectivity index (χ1n) is 6.06. The number of rotatable bonds is 3. The van der Waals surface area contributed by atoms with Gasteiger partial charge in [-0.1, -0.05) is 6.07 Å². The molecule has 2 rings (SSSR count). The minimum atomic E-state index is -4.54. The van der Waals surface area contributed by atoms with Crippen LogP contribution in [-0.4, -0.2) is 16.9 Å². The lowest BCUT2D eigenvalue weighted by atomic mass is 10.0. The first-order chi connectivity index (χ1) is 9.74. The predicted octanol–water partition coefficient (Wildman–Crippen LogP) is 2.40. The molecule has 114 valence electrons. The second kappa shape index (κ2) is 5.19. The summed E-state index contributed by atoms with van der Waals surface area (Å²) in [5, 5.41) is 2.60. The number of methoxy groups -OCH3 is 1. The summed E-state index contributed by atoms with van der Waals surface area (Å²) in [4.78, 5) is 11.7. The molecule has 0 saturated carbocycles. The first-order valence-corrected chi connectivity index (χ1v) is 6.06. The number of nitrogen functional groups attached to an aromatic ring is 1. The highest BCUT2D eigenvalue weighted by Gasteiger charge is 2.35. The highest BCUT2D eigenvalue weighted by Crippen LogP contribution is 2.37. The third kappa shape index (κ3) is 2.88. The second-order valence-corrected chi connectivity index (χ2v) is 4.55. The van der Waals surface area contributed by atoms with Crippen LogP contribution in [0.2, 0.25) is 0 Å². The molecule has 0 radical (unpaired) electrons. The molecule has 1 heterocycles. The van der Waals surface area contributed by atoms with Crippen LogP contribution in [0.3, 0.4) is 0 Å². The lowest BCUT2D eigenvalue weighted by Crippen LogP contribution is -2.21. The van der Waals surface area contributed by atoms with Crippen molar-refractivity contribution in [3.05, 3.63) is 45.7 Å². The van der Waals surface area contributed by atoms with Crippen molar-refractivity contribution in [3.63, 3.8) is 0 Å². The molecule has 0 spiro atoms. The van der Waals surface area contributed by atoms with Gasteiger partial charge < -0.3 is 10.5 Å².